The fourth-order valence-electron chi connectivity index (χ4n) is 2.42. The first kappa shape index (κ1) is 10.9. The van der Waals surface area contributed by atoms with Crippen LogP contribution in [0, 0.1) is 5.41 Å². The predicted octanol–water partition coefficient (Wildman–Crippen LogP) is 0.0987. The lowest BCUT2D eigenvalue weighted by Gasteiger charge is -2.47. The van der Waals surface area contributed by atoms with Crippen LogP contribution < -0.4 is 5.73 Å². The van der Waals surface area contributed by atoms with Crippen molar-refractivity contribution in [2.75, 3.05) is 19.6 Å². The van der Waals surface area contributed by atoms with Crippen LogP contribution in [0.5, 0.6) is 0 Å². The van der Waals surface area contributed by atoms with Crippen LogP contribution in [-0.4, -0.2) is 41.1 Å². The molecule has 0 spiro atoms. The van der Waals surface area contributed by atoms with Crippen LogP contribution in [-0.2, 0) is 4.79 Å². The molecule has 1 heterocycles. The van der Waals surface area contributed by atoms with E-state index in [9.17, 15) is 9.90 Å². The van der Waals surface area contributed by atoms with Gasteiger partial charge in [-0.3, -0.25) is 4.79 Å². The zero-order chi connectivity index (χ0) is 11.1. The summed E-state index contributed by atoms with van der Waals surface area (Å²) in [6, 6.07) is 0. The Morgan fingerprint density at radius 1 is 1.47 bits per heavy atom. The van der Waals surface area contributed by atoms with Gasteiger partial charge in [0.05, 0.1) is 24.1 Å². The summed E-state index contributed by atoms with van der Waals surface area (Å²) >= 11 is 0. The molecule has 4 heteroatoms. The number of rotatable bonds is 4. The number of nitrogens with two attached hydrogens (primary N) is 1. The van der Waals surface area contributed by atoms with Crippen molar-refractivity contribution in [3.63, 3.8) is 0 Å². The van der Waals surface area contributed by atoms with Crippen LogP contribution in [0.2, 0.25) is 0 Å². The average Bonchev–Trinajstić information content (AvgIpc) is 2.94. The van der Waals surface area contributed by atoms with E-state index in [-0.39, 0.29) is 11.3 Å². The normalized spacial score (nSPS) is 25.9. The highest BCUT2D eigenvalue weighted by atomic mass is 16.3. The average molecular weight is 212 g/mol. The van der Waals surface area contributed by atoms with Crippen molar-refractivity contribution in [2.24, 2.45) is 11.1 Å². The maximum Gasteiger partial charge on any atom is 0.230 e. The molecule has 1 saturated heterocycles. The second kappa shape index (κ2) is 3.46. The molecule has 3 N–H and O–H groups in total. The van der Waals surface area contributed by atoms with Crippen molar-refractivity contribution in [3.05, 3.63) is 0 Å². The van der Waals surface area contributed by atoms with Gasteiger partial charge in [-0.05, 0) is 19.3 Å². The number of hydrogen-bond acceptors (Lipinski definition) is 3. The van der Waals surface area contributed by atoms with Crippen molar-refractivity contribution in [1.82, 2.24) is 4.90 Å². The molecule has 2 aliphatic rings. The number of likely N-dealkylation sites (tertiary alicyclic amines) is 1. The van der Waals surface area contributed by atoms with Crippen molar-refractivity contribution < 1.29 is 9.90 Å². The molecule has 1 aliphatic carbocycles. The molecule has 0 bridgehead atoms. The van der Waals surface area contributed by atoms with E-state index in [0.29, 0.717) is 19.6 Å². The van der Waals surface area contributed by atoms with Crippen LogP contribution in [0.15, 0.2) is 0 Å². The third-order valence-corrected chi connectivity index (χ3v) is 3.67. The van der Waals surface area contributed by atoms with E-state index in [1.807, 2.05) is 6.92 Å². The van der Waals surface area contributed by atoms with Gasteiger partial charge in [-0.25, -0.2) is 0 Å². The standard InChI is InChI=1S/C11H20N2O2/c1-2-3-11(15)7-13(8-11)9(14)10(6-12)4-5-10/h15H,2-8,12H2,1H3. The second-order valence-corrected chi connectivity index (χ2v) is 5.12. The number of carbonyl (C=O) groups is 1. The molecule has 0 unspecified atom stereocenters. The van der Waals surface area contributed by atoms with E-state index in [4.69, 9.17) is 5.73 Å². The Morgan fingerprint density at radius 2 is 2.07 bits per heavy atom. The summed E-state index contributed by atoms with van der Waals surface area (Å²) in [6.07, 6.45) is 3.59. The Kier molecular flexibility index (Phi) is 2.51. The van der Waals surface area contributed by atoms with E-state index in [1.165, 1.54) is 0 Å². The molecule has 1 aliphatic heterocycles. The predicted molar refractivity (Wildman–Crippen MR) is 57.2 cm³/mol. The highest BCUT2D eigenvalue weighted by molar-refractivity contribution is 5.86. The van der Waals surface area contributed by atoms with Crippen LogP contribution >= 0.6 is 0 Å². The number of carbonyl (C=O) groups excluding carboxylic acids is 1. The SMILES string of the molecule is CCCC1(O)CN(C(=O)C2(CN)CC2)C1. The van der Waals surface area contributed by atoms with Gasteiger partial charge in [0, 0.05) is 6.54 Å². The Balaban J connectivity index is 1.87. The van der Waals surface area contributed by atoms with Gasteiger partial charge >= 0.3 is 0 Å². The summed E-state index contributed by atoms with van der Waals surface area (Å²) in [5.41, 5.74) is 4.73. The first-order chi connectivity index (χ1) is 7.05. The van der Waals surface area contributed by atoms with Gasteiger partial charge in [0.25, 0.3) is 0 Å². The lowest BCUT2D eigenvalue weighted by atomic mass is 9.87. The Morgan fingerprint density at radius 3 is 2.47 bits per heavy atom. The number of amides is 1. The fraction of sp³-hybridized carbons (Fsp3) is 0.909. The van der Waals surface area contributed by atoms with Crippen LogP contribution in [0.3, 0.4) is 0 Å². The zero-order valence-electron chi connectivity index (χ0n) is 9.33. The molecule has 0 aromatic carbocycles. The first-order valence-corrected chi connectivity index (χ1v) is 5.77. The van der Waals surface area contributed by atoms with Crippen molar-refractivity contribution in [3.8, 4) is 0 Å². The quantitative estimate of drug-likeness (QED) is 0.694. The van der Waals surface area contributed by atoms with Crippen molar-refractivity contribution in [1.29, 1.82) is 0 Å². The number of aliphatic hydroxyl groups is 1. The summed E-state index contributed by atoms with van der Waals surface area (Å²) in [4.78, 5) is 13.7. The van der Waals surface area contributed by atoms with Gasteiger partial charge in [0.2, 0.25) is 5.91 Å². The zero-order valence-corrected chi connectivity index (χ0v) is 9.33. The van der Waals surface area contributed by atoms with Gasteiger partial charge in [0.15, 0.2) is 0 Å². The van der Waals surface area contributed by atoms with Gasteiger partial charge in [0.1, 0.15) is 0 Å². The molecular formula is C11H20N2O2. The van der Waals surface area contributed by atoms with E-state index < -0.39 is 5.60 Å². The molecule has 2 rings (SSSR count). The fourth-order valence-corrected chi connectivity index (χ4v) is 2.42. The third-order valence-electron chi connectivity index (χ3n) is 3.67. The van der Waals surface area contributed by atoms with Crippen LogP contribution in [0.1, 0.15) is 32.6 Å². The number of β-amino-alcohol motifs (C(OH)–C–C–N with tert-alkyl or cyclic N) is 1. The monoisotopic (exact) mass is 212 g/mol. The van der Waals surface area contributed by atoms with Gasteiger partial charge in [-0.2, -0.15) is 0 Å². The lowest BCUT2D eigenvalue weighted by Crippen LogP contribution is -2.65. The molecule has 1 saturated carbocycles. The van der Waals surface area contributed by atoms with E-state index in [0.717, 1.165) is 25.7 Å². The summed E-state index contributed by atoms with van der Waals surface area (Å²) in [7, 11) is 0. The Labute approximate surface area is 90.4 Å². The Bertz CT molecular complexity index is 268. The first-order valence-electron chi connectivity index (χ1n) is 5.77. The molecule has 0 atom stereocenters. The van der Waals surface area contributed by atoms with Gasteiger partial charge < -0.3 is 15.7 Å². The molecule has 0 aromatic heterocycles. The highest BCUT2D eigenvalue weighted by Gasteiger charge is 2.54. The maximum absolute atomic E-state index is 12.0. The highest BCUT2D eigenvalue weighted by Crippen LogP contribution is 2.47. The molecule has 86 valence electrons. The molecule has 1 amide bonds. The summed E-state index contributed by atoms with van der Waals surface area (Å²) in [5, 5.41) is 9.96. The van der Waals surface area contributed by atoms with Gasteiger partial charge in [-0.15, -0.1) is 0 Å². The summed E-state index contributed by atoms with van der Waals surface area (Å²) in [5.74, 6) is 0.158. The topological polar surface area (TPSA) is 66.6 Å². The number of nitrogens with zero attached hydrogens (tertiary/aromatic N) is 1. The summed E-state index contributed by atoms with van der Waals surface area (Å²) < 4.78 is 0. The third kappa shape index (κ3) is 1.76. The number of hydrogen-bond donors (Lipinski definition) is 2. The minimum atomic E-state index is -0.616. The molecule has 15 heavy (non-hydrogen) atoms. The maximum atomic E-state index is 12.0. The molecule has 4 nitrogen and oxygen atoms in total. The smallest absolute Gasteiger partial charge is 0.230 e. The van der Waals surface area contributed by atoms with Crippen LogP contribution in [0.25, 0.3) is 0 Å². The van der Waals surface area contributed by atoms with Crippen LogP contribution in [0.4, 0.5) is 0 Å². The molecule has 2 fully saturated rings. The van der Waals surface area contributed by atoms with E-state index in [2.05, 4.69) is 0 Å². The minimum absolute atomic E-state index is 0.158. The molecular weight excluding hydrogens is 192 g/mol. The minimum Gasteiger partial charge on any atom is -0.386 e. The molecule has 0 radical (unpaired) electrons. The van der Waals surface area contributed by atoms with E-state index in [1.54, 1.807) is 4.90 Å². The largest absolute Gasteiger partial charge is 0.386 e. The van der Waals surface area contributed by atoms with Crippen molar-refractivity contribution >= 4 is 5.91 Å². The summed E-state index contributed by atoms with van der Waals surface area (Å²) in [6.45, 7) is 3.50. The van der Waals surface area contributed by atoms with E-state index >= 15 is 0 Å². The lowest BCUT2D eigenvalue weighted by molar-refractivity contribution is -0.161. The molecule has 0 aromatic rings. The second-order valence-electron chi connectivity index (χ2n) is 5.12. The van der Waals surface area contributed by atoms with Crippen molar-refractivity contribution in [2.45, 2.75) is 38.2 Å². The van der Waals surface area contributed by atoms with Gasteiger partial charge in [-0.1, -0.05) is 13.3 Å². The Hall–Kier alpha value is -0.610.